The first-order valence-electron chi connectivity index (χ1n) is 9.08. The molecule has 1 aromatic rings. The van der Waals surface area contributed by atoms with Gasteiger partial charge in [0, 0.05) is 39.3 Å². The Morgan fingerprint density at radius 3 is 1.81 bits per heavy atom. The van der Waals surface area contributed by atoms with Gasteiger partial charge in [-0.1, -0.05) is 17.7 Å². The molecule has 2 aliphatic heterocycles. The maximum atomic E-state index is 12.9. The minimum Gasteiger partial charge on any atom is -0.373 e. The van der Waals surface area contributed by atoms with E-state index in [0.29, 0.717) is 13.1 Å². The Labute approximate surface area is 161 Å². The molecular weight excluding hydrogens is 390 g/mol. The molecule has 2 heterocycles. The number of hydrogen-bond donors (Lipinski definition) is 0. The monoisotopic (exact) mass is 417 g/mol. The molecule has 0 radical (unpaired) electrons. The number of sulfonamides is 1. The summed E-state index contributed by atoms with van der Waals surface area (Å²) in [6.45, 7) is 6.81. The third-order valence-electron chi connectivity index (χ3n) is 4.90. The second-order valence-electron chi connectivity index (χ2n) is 7.20. The molecule has 0 N–H and O–H groups in total. The fraction of sp³-hybridized carbons (Fsp3) is 0.647. The molecule has 0 aromatic heterocycles. The molecule has 8 nitrogen and oxygen atoms in total. The van der Waals surface area contributed by atoms with Crippen molar-refractivity contribution < 1.29 is 21.6 Å². The van der Waals surface area contributed by atoms with Crippen molar-refractivity contribution in [2.75, 3.05) is 39.3 Å². The van der Waals surface area contributed by atoms with Crippen molar-refractivity contribution in [2.24, 2.45) is 0 Å². The van der Waals surface area contributed by atoms with Gasteiger partial charge in [-0.2, -0.15) is 21.3 Å². The molecule has 3 rings (SSSR count). The predicted octanol–water partition coefficient (Wildman–Crippen LogP) is 0.655. The van der Waals surface area contributed by atoms with E-state index in [4.69, 9.17) is 4.74 Å². The van der Waals surface area contributed by atoms with Crippen LogP contribution in [0.5, 0.6) is 0 Å². The summed E-state index contributed by atoms with van der Waals surface area (Å²) < 4.78 is 61.2. The molecule has 0 amide bonds. The van der Waals surface area contributed by atoms with Crippen molar-refractivity contribution in [3.8, 4) is 0 Å². The highest BCUT2D eigenvalue weighted by Gasteiger charge is 2.38. The lowest BCUT2D eigenvalue weighted by Gasteiger charge is -2.39. The van der Waals surface area contributed by atoms with Crippen LogP contribution in [0.15, 0.2) is 29.2 Å². The van der Waals surface area contributed by atoms with Gasteiger partial charge in [0.2, 0.25) is 10.0 Å². The van der Waals surface area contributed by atoms with E-state index in [1.165, 1.54) is 12.9 Å². The summed E-state index contributed by atoms with van der Waals surface area (Å²) >= 11 is 0. The van der Waals surface area contributed by atoms with Crippen molar-refractivity contribution in [3.05, 3.63) is 29.8 Å². The van der Waals surface area contributed by atoms with Gasteiger partial charge in [0.25, 0.3) is 10.2 Å². The molecular formula is C17H27N3O5S2. The van der Waals surface area contributed by atoms with E-state index in [1.54, 1.807) is 24.3 Å². The first-order valence-corrected chi connectivity index (χ1v) is 11.9. The van der Waals surface area contributed by atoms with E-state index >= 15 is 0 Å². The zero-order chi connectivity index (χ0) is 19.8. The van der Waals surface area contributed by atoms with Crippen LogP contribution in [0.4, 0.5) is 0 Å². The molecule has 0 unspecified atom stereocenters. The smallest absolute Gasteiger partial charge is 0.282 e. The third-order valence-corrected chi connectivity index (χ3v) is 8.78. The lowest BCUT2D eigenvalue weighted by molar-refractivity contribution is -0.0456. The standard InChI is InChI=1S/C17H27N3O5S2/c1-14-4-6-17(7-5-14)26(21,22)18-8-10-19(11-9-18)27(23,24)20-12-15(2)25-16(3)13-20/h4-7,15-16H,8-13H2,1-3H3/t15-,16-/m1/s1. The summed E-state index contributed by atoms with van der Waals surface area (Å²) in [5, 5.41) is 0. The third kappa shape index (κ3) is 4.36. The summed E-state index contributed by atoms with van der Waals surface area (Å²) in [4.78, 5) is 0.236. The molecule has 0 aliphatic carbocycles. The Morgan fingerprint density at radius 1 is 0.815 bits per heavy atom. The fourth-order valence-corrected chi connectivity index (χ4v) is 6.65. The van der Waals surface area contributed by atoms with Gasteiger partial charge in [0.05, 0.1) is 17.1 Å². The zero-order valence-corrected chi connectivity index (χ0v) is 17.5. The Kier molecular flexibility index (Phi) is 5.95. The van der Waals surface area contributed by atoms with Gasteiger partial charge < -0.3 is 4.74 Å². The molecule has 0 bridgehead atoms. The van der Waals surface area contributed by atoms with Gasteiger partial charge in [-0.3, -0.25) is 0 Å². The molecule has 10 heteroatoms. The Bertz CT molecular complexity index is 852. The maximum absolute atomic E-state index is 12.9. The predicted molar refractivity (Wildman–Crippen MR) is 102 cm³/mol. The van der Waals surface area contributed by atoms with E-state index in [9.17, 15) is 16.8 Å². The molecule has 2 atom stereocenters. The second kappa shape index (κ2) is 7.76. The zero-order valence-electron chi connectivity index (χ0n) is 15.9. The SMILES string of the molecule is Cc1ccc(S(=O)(=O)N2CCN(S(=O)(=O)N3C[C@@H](C)O[C@H](C)C3)CC2)cc1. The number of ether oxygens (including phenoxy) is 1. The van der Waals surface area contributed by atoms with Crippen LogP contribution in [0, 0.1) is 6.92 Å². The molecule has 27 heavy (non-hydrogen) atoms. The number of rotatable bonds is 4. The van der Waals surface area contributed by atoms with Crippen LogP contribution in [-0.2, 0) is 25.0 Å². The summed E-state index contributed by atoms with van der Waals surface area (Å²) in [5.74, 6) is 0. The van der Waals surface area contributed by atoms with Crippen molar-refractivity contribution in [2.45, 2.75) is 37.9 Å². The van der Waals surface area contributed by atoms with E-state index in [2.05, 4.69) is 0 Å². The first kappa shape index (κ1) is 20.7. The van der Waals surface area contributed by atoms with Gasteiger partial charge in [-0.15, -0.1) is 0 Å². The summed E-state index contributed by atoms with van der Waals surface area (Å²) in [6.07, 6.45) is -0.321. The number of piperazine rings is 1. The topological polar surface area (TPSA) is 87.2 Å². The highest BCUT2D eigenvalue weighted by Crippen LogP contribution is 2.22. The normalized spacial score (nSPS) is 26.9. The summed E-state index contributed by atoms with van der Waals surface area (Å²) in [7, 11) is -7.24. The average molecular weight is 418 g/mol. The molecule has 2 aliphatic rings. The highest BCUT2D eigenvalue weighted by atomic mass is 32.2. The minimum atomic E-state index is -3.62. The molecule has 2 saturated heterocycles. The average Bonchev–Trinajstić information content (AvgIpc) is 2.61. The number of nitrogens with zero attached hydrogens (tertiary/aromatic N) is 3. The molecule has 0 saturated carbocycles. The number of benzene rings is 1. The van der Waals surface area contributed by atoms with E-state index in [0.717, 1.165) is 5.56 Å². The van der Waals surface area contributed by atoms with E-state index < -0.39 is 20.2 Å². The maximum Gasteiger partial charge on any atom is 0.282 e. The van der Waals surface area contributed by atoms with E-state index in [1.807, 2.05) is 20.8 Å². The molecule has 152 valence electrons. The van der Waals surface area contributed by atoms with Gasteiger partial charge >= 0.3 is 0 Å². The summed E-state index contributed by atoms with van der Waals surface area (Å²) in [5.41, 5.74) is 0.985. The summed E-state index contributed by atoms with van der Waals surface area (Å²) in [6, 6.07) is 6.69. The van der Waals surface area contributed by atoms with Gasteiger partial charge in [0.15, 0.2) is 0 Å². The Balaban J connectivity index is 1.68. The van der Waals surface area contributed by atoms with Crippen LogP contribution >= 0.6 is 0 Å². The van der Waals surface area contributed by atoms with Crippen LogP contribution in [0.25, 0.3) is 0 Å². The number of morpholine rings is 1. The van der Waals surface area contributed by atoms with Crippen molar-refractivity contribution >= 4 is 20.2 Å². The largest absolute Gasteiger partial charge is 0.373 e. The molecule has 2 fully saturated rings. The Morgan fingerprint density at radius 2 is 1.30 bits per heavy atom. The quantitative estimate of drug-likeness (QED) is 0.718. The second-order valence-corrected chi connectivity index (χ2v) is 11.1. The van der Waals surface area contributed by atoms with E-state index in [-0.39, 0.29) is 43.3 Å². The first-order chi connectivity index (χ1) is 12.6. The van der Waals surface area contributed by atoms with Crippen molar-refractivity contribution in [1.29, 1.82) is 0 Å². The molecule has 1 aromatic carbocycles. The van der Waals surface area contributed by atoms with Crippen LogP contribution in [-0.4, -0.2) is 81.2 Å². The lowest BCUT2D eigenvalue weighted by Crippen LogP contribution is -2.57. The molecule has 0 spiro atoms. The van der Waals surface area contributed by atoms with Gasteiger partial charge in [-0.05, 0) is 32.9 Å². The van der Waals surface area contributed by atoms with Crippen molar-refractivity contribution in [1.82, 2.24) is 12.9 Å². The van der Waals surface area contributed by atoms with Crippen LogP contribution in [0.2, 0.25) is 0 Å². The van der Waals surface area contributed by atoms with Gasteiger partial charge in [0.1, 0.15) is 0 Å². The highest BCUT2D eigenvalue weighted by molar-refractivity contribution is 7.89. The number of aryl methyl sites for hydroxylation is 1. The lowest BCUT2D eigenvalue weighted by atomic mass is 10.2. The Hall–Kier alpha value is -1.04. The van der Waals surface area contributed by atoms with Crippen LogP contribution in [0.1, 0.15) is 19.4 Å². The van der Waals surface area contributed by atoms with Crippen LogP contribution < -0.4 is 0 Å². The van der Waals surface area contributed by atoms with Crippen molar-refractivity contribution in [3.63, 3.8) is 0 Å². The fourth-order valence-electron chi connectivity index (χ4n) is 3.48. The number of hydrogen-bond acceptors (Lipinski definition) is 5. The minimum absolute atomic E-state index is 0.144. The van der Waals surface area contributed by atoms with Crippen LogP contribution in [0.3, 0.4) is 0 Å². The van der Waals surface area contributed by atoms with Gasteiger partial charge in [-0.25, -0.2) is 8.42 Å².